The summed E-state index contributed by atoms with van der Waals surface area (Å²) in [4.78, 5) is 19.3. The van der Waals surface area contributed by atoms with Crippen molar-refractivity contribution in [1.29, 1.82) is 0 Å². The van der Waals surface area contributed by atoms with Gasteiger partial charge in [0.2, 0.25) is 5.95 Å². The molecule has 0 aliphatic carbocycles. The van der Waals surface area contributed by atoms with E-state index in [9.17, 15) is 4.79 Å². The van der Waals surface area contributed by atoms with E-state index in [2.05, 4.69) is 15.3 Å². The molecule has 0 aliphatic heterocycles. The van der Waals surface area contributed by atoms with Crippen molar-refractivity contribution >= 4 is 51.8 Å². The molecule has 0 atom stereocenters. The molecule has 0 saturated carbocycles. The molecule has 1 heterocycles. The van der Waals surface area contributed by atoms with Gasteiger partial charge in [-0.25, -0.2) is 9.78 Å². The fourth-order valence-electron chi connectivity index (χ4n) is 2.14. The van der Waals surface area contributed by atoms with Crippen LogP contribution in [0.4, 0.5) is 11.6 Å². The van der Waals surface area contributed by atoms with E-state index >= 15 is 0 Å². The van der Waals surface area contributed by atoms with E-state index in [-0.39, 0.29) is 5.97 Å². The lowest BCUT2D eigenvalue weighted by atomic mass is 10.2. The first-order valence-corrected chi connectivity index (χ1v) is 7.72. The minimum atomic E-state index is -0.374. The molecule has 1 aromatic heterocycles. The zero-order chi connectivity index (χ0) is 16.4. The Morgan fingerprint density at radius 1 is 1.26 bits per heavy atom. The van der Waals surface area contributed by atoms with Gasteiger partial charge in [0.15, 0.2) is 0 Å². The van der Waals surface area contributed by atoms with Crippen LogP contribution in [0.25, 0.3) is 11.0 Å². The molecular formula is C16H13Cl2N3O2. The summed E-state index contributed by atoms with van der Waals surface area (Å²) < 4.78 is 4.98. The number of hydrogen-bond donors (Lipinski definition) is 2. The zero-order valence-electron chi connectivity index (χ0n) is 12.2. The summed E-state index contributed by atoms with van der Waals surface area (Å²) in [6, 6.07) is 10.4. The molecule has 23 heavy (non-hydrogen) atoms. The van der Waals surface area contributed by atoms with Gasteiger partial charge in [0.05, 0.1) is 38.9 Å². The van der Waals surface area contributed by atoms with Crippen LogP contribution in [-0.4, -0.2) is 22.5 Å². The number of aromatic nitrogens is 2. The number of H-pyrrole nitrogens is 1. The van der Waals surface area contributed by atoms with Crippen LogP contribution in [-0.2, 0) is 4.74 Å². The Balaban J connectivity index is 1.93. The van der Waals surface area contributed by atoms with Crippen molar-refractivity contribution in [3.63, 3.8) is 0 Å². The van der Waals surface area contributed by atoms with Crippen molar-refractivity contribution in [2.24, 2.45) is 0 Å². The third-order valence-electron chi connectivity index (χ3n) is 3.20. The predicted molar refractivity (Wildman–Crippen MR) is 91.8 cm³/mol. The van der Waals surface area contributed by atoms with Gasteiger partial charge in [0.1, 0.15) is 0 Å². The lowest BCUT2D eigenvalue weighted by molar-refractivity contribution is 0.0526. The summed E-state index contributed by atoms with van der Waals surface area (Å²) >= 11 is 12.3. The second-order valence-corrected chi connectivity index (χ2v) is 5.57. The number of carbonyl (C=O) groups is 1. The fourth-order valence-corrected chi connectivity index (χ4v) is 2.63. The molecule has 0 spiro atoms. The van der Waals surface area contributed by atoms with E-state index in [1.807, 2.05) is 0 Å². The third kappa shape index (κ3) is 3.25. The average Bonchev–Trinajstić information content (AvgIpc) is 2.93. The summed E-state index contributed by atoms with van der Waals surface area (Å²) in [6.45, 7) is 2.09. The molecule has 0 bridgehead atoms. The largest absolute Gasteiger partial charge is 0.462 e. The number of nitrogens with one attached hydrogen (secondary N) is 2. The molecule has 2 aromatic carbocycles. The van der Waals surface area contributed by atoms with Crippen molar-refractivity contribution in [2.75, 3.05) is 11.9 Å². The standard InChI is InChI=1S/C16H13Cl2N3O2/c1-2-23-15(22)9-6-7-12-13(8-9)20-16(19-12)21-14-10(17)4-3-5-11(14)18/h3-8H,2H2,1H3,(H2,19,20,21). The van der Waals surface area contributed by atoms with Crippen LogP contribution in [0.3, 0.4) is 0 Å². The average molecular weight is 350 g/mol. The number of rotatable bonds is 4. The van der Waals surface area contributed by atoms with Gasteiger partial charge >= 0.3 is 5.97 Å². The number of ether oxygens (including phenoxy) is 1. The zero-order valence-corrected chi connectivity index (χ0v) is 13.7. The molecule has 3 aromatic rings. The summed E-state index contributed by atoms with van der Waals surface area (Å²) in [5, 5.41) is 4.04. The number of hydrogen-bond acceptors (Lipinski definition) is 4. The normalized spacial score (nSPS) is 10.7. The Hall–Kier alpha value is -2.24. The highest BCUT2D eigenvalue weighted by atomic mass is 35.5. The van der Waals surface area contributed by atoms with Gasteiger partial charge in [-0.15, -0.1) is 0 Å². The second kappa shape index (κ2) is 6.48. The van der Waals surface area contributed by atoms with Gasteiger partial charge < -0.3 is 15.0 Å². The van der Waals surface area contributed by atoms with Crippen molar-refractivity contribution in [3.05, 3.63) is 52.0 Å². The first-order chi connectivity index (χ1) is 11.1. The van der Waals surface area contributed by atoms with Crippen LogP contribution in [0.15, 0.2) is 36.4 Å². The summed E-state index contributed by atoms with van der Waals surface area (Å²) in [5.74, 6) is 0.108. The minimum Gasteiger partial charge on any atom is -0.462 e. The van der Waals surface area contributed by atoms with Crippen LogP contribution >= 0.6 is 23.2 Å². The van der Waals surface area contributed by atoms with Gasteiger partial charge in [-0.3, -0.25) is 0 Å². The number of aromatic amines is 1. The number of benzene rings is 2. The molecule has 0 amide bonds. The van der Waals surface area contributed by atoms with Crippen LogP contribution in [0, 0.1) is 0 Å². The van der Waals surface area contributed by atoms with Crippen molar-refractivity contribution in [2.45, 2.75) is 6.92 Å². The van der Waals surface area contributed by atoms with Crippen LogP contribution in [0.5, 0.6) is 0 Å². The molecule has 0 saturated heterocycles. The Bertz CT molecular complexity index is 857. The molecule has 3 rings (SSSR count). The number of nitrogens with zero attached hydrogens (tertiary/aromatic N) is 1. The van der Waals surface area contributed by atoms with E-state index in [1.165, 1.54) is 0 Å². The fraction of sp³-hybridized carbons (Fsp3) is 0.125. The Labute approximate surface area is 142 Å². The Morgan fingerprint density at radius 3 is 2.70 bits per heavy atom. The third-order valence-corrected chi connectivity index (χ3v) is 3.83. The number of fused-ring (bicyclic) bond motifs is 1. The maximum Gasteiger partial charge on any atom is 0.338 e. The highest BCUT2D eigenvalue weighted by molar-refractivity contribution is 6.39. The highest BCUT2D eigenvalue weighted by Gasteiger charge is 2.11. The molecule has 0 radical (unpaired) electrons. The van der Waals surface area contributed by atoms with Gasteiger partial charge in [-0.2, -0.15) is 0 Å². The number of carbonyl (C=O) groups excluding carboxylic acids is 1. The molecule has 5 nitrogen and oxygen atoms in total. The van der Waals surface area contributed by atoms with Crippen molar-refractivity contribution in [3.8, 4) is 0 Å². The highest BCUT2D eigenvalue weighted by Crippen LogP contribution is 2.32. The quantitative estimate of drug-likeness (QED) is 0.664. The molecule has 0 aliphatic rings. The lowest BCUT2D eigenvalue weighted by Crippen LogP contribution is -2.04. The maximum atomic E-state index is 11.8. The number of anilines is 2. The molecule has 0 unspecified atom stereocenters. The number of esters is 1. The monoisotopic (exact) mass is 349 g/mol. The van der Waals surface area contributed by atoms with E-state index in [0.29, 0.717) is 39.4 Å². The smallest absolute Gasteiger partial charge is 0.338 e. The van der Waals surface area contributed by atoms with Gasteiger partial charge in [-0.1, -0.05) is 29.3 Å². The van der Waals surface area contributed by atoms with Crippen LogP contribution in [0.2, 0.25) is 10.0 Å². The molecular weight excluding hydrogens is 337 g/mol. The first kappa shape index (κ1) is 15.6. The minimum absolute atomic E-state index is 0.329. The summed E-state index contributed by atoms with van der Waals surface area (Å²) in [6.07, 6.45) is 0. The SMILES string of the molecule is CCOC(=O)c1ccc2[nH]c(Nc3c(Cl)cccc3Cl)nc2c1. The molecule has 118 valence electrons. The molecule has 2 N–H and O–H groups in total. The maximum absolute atomic E-state index is 11.8. The van der Waals surface area contributed by atoms with Gasteiger partial charge in [0.25, 0.3) is 0 Å². The summed E-state index contributed by atoms with van der Waals surface area (Å²) in [5.41, 5.74) is 2.44. The Kier molecular flexibility index (Phi) is 4.41. The van der Waals surface area contributed by atoms with E-state index < -0.39 is 0 Å². The van der Waals surface area contributed by atoms with Crippen LogP contribution in [0.1, 0.15) is 17.3 Å². The number of imidazole rings is 1. The van der Waals surface area contributed by atoms with Crippen molar-refractivity contribution in [1.82, 2.24) is 9.97 Å². The Morgan fingerprint density at radius 2 is 2.00 bits per heavy atom. The van der Waals surface area contributed by atoms with Gasteiger partial charge in [-0.05, 0) is 37.3 Å². The second-order valence-electron chi connectivity index (χ2n) is 4.76. The van der Waals surface area contributed by atoms with E-state index in [0.717, 1.165) is 5.52 Å². The topological polar surface area (TPSA) is 67.0 Å². The predicted octanol–water partition coefficient (Wildman–Crippen LogP) is 4.79. The number of para-hydroxylation sites is 1. The van der Waals surface area contributed by atoms with Crippen molar-refractivity contribution < 1.29 is 9.53 Å². The molecule has 0 fully saturated rings. The van der Waals surface area contributed by atoms with Crippen LogP contribution < -0.4 is 5.32 Å². The lowest BCUT2D eigenvalue weighted by Gasteiger charge is -2.06. The first-order valence-electron chi connectivity index (χ1n) is 6.96. The van der Waals surface area contributed by atoms with Gasteiger partial charge in [0, 0.05) is 0 Å². The summed E-state index contributed by atoms with van der Waals surface area (Å²) in [7, 11) is 0. The van der Waals surface area contributed by atoms with E-state index in [1.54, 1.807) is 43.3 Å². The van der Waals surface area contributed by atoms with E-state index in [4.69, 9.17) is 27.9 Å². The number of halogens is 2. The molecule has 7 heteroatoms.